The summed E-state index contributed by atoms with van der Waals surface area (Å²) < 4.78 is 4.46. The number of esters is 1. The largest absolute Gasteiger partial charge is 0.464 e. The minimum absolute atomic E-state index is 0.00403. The molecule has 0 fully saturated rings. The molecule has 9 heteroatoms. The number of carbonyl (C=O) groups excluding carboxylic acids is 3. The van der Waals surface area contributed by atoms with Gasteiger partial charge in [-0.25, -0.2) is 14.8 Å². The van der Waals surface area contributed by atoms with Gasteiger partial charge in [0.05, 0.1) is 32.6 Å². The second kappa shape index (κ2) is 6.28. The molecule has 0 aliphatic carbocycles. The van der Waals surface area contributed by atoms with Gasteiger partial charge >= 0.3 is 5.97 Å². The van der Waals surface area contributed by atoms with E-state index in [1.807, 2.05) is 0 Å². The summed E-state index contributed by atoms with van der Waals surface area (Å²) in [6.07, 6.45) is 2.38. The standard InChI is InChI=1S/C10H13N5O4/c1-19-10(18)6-2-14-9(3-13-6)15(4-7(11)16)5-8(12)17/h2-3H,4-5H2,1H3,(H2,11,16)(H2,12,17). The molecule has 2 amide bonds. The Morgan fingerprint density at radius 1 is 1.16 bits per heavy atom. The second-order valence-electron chi connectivity index (χ2n) is 3.54. The monoisotopic (exact) mass is 267 g/mol. The number of hydrogen-bond donors (Lipinski definition) is 2. The van der Waals surface area contributed by atoms with Crippen molar-refractivity contribution in [2.24, 2.45) is 11.5 Å². The number of ether oxygens (including phenoxy) is 1. The molecule has 0 saturated heterocycles. The molecule has 4 N–H and O–H groups in total. The summed E-state index contributed by atoms with van der Waals surface area (Å²) >= 11 is 0. The Morgan fingerprint density at radius 3 is 2.11 bits per heavy atom. The van der Waals surface area contributed by atoms with E-state index in [0.717, 1.165) is 6.20 Å². The van der Waals surface area contributed by atoms with Crippen molar-refractivity contribution in [1.82, 2.24) is 9.97 Å². The molecule has 0 radical (unpaired) electrons. The lowest BCUT2D eigenvalue weighted by atomic mass is 10.4. The zero-order valence-corrected chi connectivity index (χ0v) is 10.2. The third-order valence-corrected chi connectivity index (χ3v) is 2.05. The lowest BCUT2D eigenvalue weighted by Gasteiger charge is -2.19. The van der Waals surface area contributed by atoms with Crippen molar-refractivity contribution in [3.05, 3.63) is 18.1 Å². The molecule has 1 aromatic rings. The van der Waals surface area contributed by atoms with Crippen LogP contribution in [0.5, 0.6) is 0 Å². The molecule has 0 aromatic carbocycles. The van der Waals surface area contributed by atoms with E-state index in [4.69, 9.17) is 11.5 Å². The van der Waals surface area contributed by atoms with Crippen LogP contribution in [0.1, 0.15) is 10.5 Å². The van der Waals surface area contributed by atoms with Crippen molar-refractivity contribution in [1.29, 1.82) is 0 Å². The Labute approximate surface area is 108 Å². The first-order valence-corrected chi connectivity index (χ1v) is 5.16. The molecular weight excluding hydrogens is 254 g/mol. The van der Waals surface area contributed by atoms with Gasteiger partial charge < -0.3 is 21.1 Å². The predicted molar refractivity (Wildman–Crippen MR) is 64.0 cm³/mol. The second-order valence-corrected chi connectivity index (χ2v) is 3.54. The highest BCUT2D eigenvalue weighted by Gasteiger charge is 2.15. The number of anilines is 1. The molecule has 0 saturated carbocycles. The van der Waals surface area contributed by atoms with Gasteiger partial charge in [-0.2, -0.15) is 0 Å². The number of rotatable bonds is 6. The number of hydrogen-bond acceptors (Lipinski definition) is 7. The van der Waals surface area contributed by atoms with E-state index in [0.29, 0.717) is 0 Å². The number of methoxy groups -OCH3 is 1. The first-order valence-electron chi connectivity index (χ1n) is 5.16. The number of nitrogens with zero attached hydrogens (tertiary/aromatic N) is 3. The van der Waals surface area contributed by atoms with E-state index in [1.54, 1.807) is 0 Å². The van der Waals surface area contributed by atoms with Crippen LogP contribution in [-0.4, -0.2) is 48.0 Å². The fraction of sp³-hybridized carbons (Fsp3) is 0.300. The molecule has 1 rings (SSSR count). The molecule has 0 bridgehead atoms. The SMILES string of the molecule is COC(=O)c1cnc(N(CC(N)=O)CC(N)=O)cn1. The summed E-state index contributed by atoms with van der Waals surface area (Å²) in [6.45, 7) is -0.482. The van der Waals surface area contributed by atoms with Gasteiger partial charge in [0.1, 0.15) is 5.82 Å². The van der Waals surface area contributed by atoms with E-state index in [2.05, 4.69) is 14.7 Å². The fourth-order valence-electron chi connectivity index (χ4n) is 1.29. The quantitative estimate of drug-likeness (QED) is 0.570. The van der Waals surface area contributed by atoms with E-state index in [-0.39, 0.29) is 24.6 Å². The molecule has 0 aliphatic rings. The molecule has 102 valence electrons. The van der Waals surface area contributed by atoms with Crippen LogP contribution in [0.15, 0.2) is 12.4 Å². The summed E-state index contributed by atoms with van der Waals surface area (Å²) in [5.74, 6) is -1.75. The molecule has 19 heavy (non-hydrogen) atoms. The molecular formula is C10H13N5O4. The van der Waals surface area contributed by atoms with E-state index >= 15 is 0 Å². The van der Waals surface area contributed by atoms with Crippen LogP contribution in [0.4, 0.5) is 5.82 Å². The molecule has 1 heterocycles. The van der Waals surface area contributed by atoms with Gasteiger partial charge in [-0.1, -0.05) is 0 Å². The van der Waals surface area contributed by atoms with Crippen LogP contribution >= 0.6 is 0 Å². The zero-order valence-electron chi connectivity index (χ0n) is 10.2. The predicted octanol–water partition coefficient (Wildman–Crippen LogP) is -1.96. The third kappa shape index (κ3) is 4.22. The highest BCUT2D eigenvalue weighted by Crippen LogP contribution is 2.08. The summed E-state index contributed by atoms with van der Waals surface area (Å²) in [5.41, 5.74) is 10.1. The molecule has 0 atom stereocenters. The highest BCUT2D eigenvalue weighted by atomic mass is 16.5. The normalized spacial score (nSPS) is 9.74. The van der Waals surface area contributed by atoms with Crippen molar-refractivity contribution in [3.8, 4) is 0 Å². The molecule has 0 aliphatic heterocycles. The van der Waals surface area contributed by atoms with Gasteiger partial charge in [-0.15, -0.1) is 0 Å². The van der Waals surface area contributed by atoms with Crippen molar-refractivity contribution in [2.45, 2.75) is 0 Å². The lowest BCUT2D eigenvalue weighted by Crippen LogP contribution is -2.40. The first kappa shape index (κ1) is 14.4. The minimum Gasteiger partial charge on any atom is -0.464 e. The first-order chi connectivity index (χ1) is 8.93. The van der Waals surface area contributed by atoms with Crippen LogP contribution in [0, 0.1) is 0 Å². The number of primary amides is 2. The van der Waals surface area contributed by atoms with E-state index < -0.39 is 17.8 Å². The Kier molecular flexibility index (Phi) is 4.75. The van der Waals surface area contributed by atoms with Crippen molar-refractivity contribution < 1.29 is 19.1 Å². The molecule has 9 nitrogen and oxygen atoms in total. The summed E-state index contributed by atoms with van der Waals surface area (Å²) in [6, 6.07) is 0. The average Bonchev–Trinajstić information content (AvgIpc) is 2.36. The van der Waals surface area contributed by atoms with Gasteiger partial charge in [0.25, 0.3) is 0 Å². The van der Waals surface area contributed by atoms with Crippen molar-refractivity contribution in [2.75, 3.05) is 25.1 Å². The topological polar surface area (TPSA) is 142 Å². The van der Waals surface area contributed by atoms with Crippen LogP contribution in [-0.2, 0) is 14.3 Å². The maximum Gasteiger partial charge on any atom is 0.358 e. The van der Waals surface area contributed by atoms with Crippen molar-refractivity contribution in [3.63, 3.8) is 0 Å². The maximum atomic E-state index is 11.2. The molecule has 0 unspecified atom stereocenters. The van der Waals surface area contributed by atoms with Crippen LogP contribution in [0.2, 0.25) is 0 Å². The Balaban J connectivity index is 2.93. The zero-order chi connectivity index (χ0) is 14.4. The van der Waals surface area contributed by atoms with Gasteiger partial charge in [0.2, 0.25) is 11.8 Å². The number of aromatic nitrogens is 2. The summed E-state index contributed by atoms with van der Waals surface area (Å²) in [4.78, 5) is 41.9. The van der Waals surface area contributed by atoms with Gasteiger partial charge in [-0.05, 0) is 0 Å². The number of nitrogens with two attached hydrogens (primary N) is 2. The Morgan fingerprint density at radius 2 is 1.74 bits per heavy atom. The summed E-state index contributed by atoms with van der Waals surface area (Å²) in [5, 5.41) is 0. The van der Waals surface area contributed by atoms with Gasteiger partial charge in [0, 0.05) is 0 Å². The van der Waals surface area contributed by atoms with Crippen LogP contribution in [0.3, 0.4) is 0 Å². The third-order valence-electron chi connectivity index (χ3n) is 2.05. The van der Waals surface area contributed by atoms with Crippen LogP contribution < -0.4 is 16.4 Å². The minimum atomic E-state index is -0.653. The van der Waals surface area contributed by atoms with E-state index in [9.17, 15) is 14.4 Å². The number of amides is 2. The maximum absolute atomic E-state index is 11.2. The fourth-order valence-corrected chi connectivity index (χ4v) is 1.29. The lowest BCUT2D eigenvalue weighted by molar-refractivity contribution is -0.117. The van der Waals surface area contributed by atoms with Gasteiger partial charge in [-0.3, -0.25) is 9.59 Å². The Hall–Kier alpha value is -2.71. The summed E-state index contributed by atoms with van der Waals surface area (Å²) in [7, 11) is 1.21. The van der Waals surface area contributed by atoms with Crippen LogP contribution in [0.25, 0.3) is 0 Å². The highest BCUT2D eigenvalue weighted by molar-refractivity contribution is 5.87. The van der Waals surface area contributed by atoms with Crippen molar-refractivity contribution >= 4 is 23.6 Å². The Bertz CT molecular complexity index is 471. The molecule has 0 spiro atoms. The average molecular weight is 267 g/mol. The van der Waals surface area contributed by atoms with Gasteiger partial charge in [0.15, 0.2) is 5.69 Å². The van der Waals surface area contributed by atoms with E-state index in [1.165, 1.54) is 18.2 Å². The molecule has 1 aromatic heterocycles. The smallest absolute Gasteiger partial charge is 0.358 e. The number of carbonyl (C=O) groups is 3.